The number of imidazole rings is 1. The molecule has 0 unspecified atom stereocenters. The van der Waals surface area contributed by atoms with Crippen molar-refractivity contribution in [1.29, 1.82) is 0 Å². The molecule has 170 valence electrons. The summed E-state index contributed by atoms with van der Waals surface area (Å²) in [4.78, 5) is 44.5. The van der Waals surface area contributed by atoms with Gasteiger partial charge in [0.1, 0.15) is 5.82 Å². The van der Waals surface area contributed by atoms with Crippen LogP contribution in [0.25, 0.3) is 11.0 Å². The molecule has 0 atom stereocenters. The van der Waals surface area contributed by atoms with Gasteiger partial charge in [-0.1, -0.05) is 26.0 Å². The van der Waals surface area contributed by atoms with Gasteiger partial charge in [-0.2, -0.15) is 0 Å². The van der Waals surface area contributed by atoms with E-state index in [9.17, 15) is 9.59 Å². The topological polar surface area (TPSA) is 119 Å². The number of aromatic amines is 1. The molecule has 3 N–H and O–H groups in total. The number of hydrogen-bond donors (Lipinski definition) is 3. The average molecular weight is 432 g/mol. The van der Waals surface area contributed by atoms with Crippen molar-refractivity contribution in [3.8, 4) is 0 Å². The molecule has 3 rings (SSSR count). The molecular formula is C22H33N5O4. The maximum atomic E-state index is 12.5. The van der Waals surface area contributed by atoms with Gasteiger partial charge in [-0.25, -0.2) is 9.78 Å². The summed E-state index contributed by atoms with van der Waals surface area (Å²) in [5.74, 6) is 1.12. The Morgan fingerprint density at radius 1 is 1.35 bits per heavy atom. The van der Waals surface area contributed by atoms with Crippen LogP contribution in [0.1, 0.15) is 38.1 Å². The number of H-pyrrole nitrogens is 1. The number of piperidine rings is 1. The first-order valence-corrected chi connectivity index (χ1v) is 10.6. The second-order valence-electron chi connectivity index (χ2n) is 8.14. The molecule has 9 nitrogen and oxygen atoms in total. The third kappa shape index (κ3) is 6.70. The first-order chi connectivity index (χ1) is 14.8. The highest BCUT2D eigenvalue weighted by Gasteiger charge is 2.25. The number of amides is 3. The standard InChI is InChI=1S/C21H31N5O2.CH2O2/c1-14(2)20(27)26-12-8-16(9-13-26)22-21(28)25(4)11-10-18-23-17-7-5-6-15(3)19(17)24-18;2-1-3/h5-7,14,16H,8-13H2,1-4H3,(H,22,28)(H,23,24);1H,(H,2,3). The number of fused-ring (bicyclic) bond motifs is 1. The molecule has 0 spiro atoms. The highest BCUT2D eigenvalue weighted by molar-refractivity contribution is 5.79. The molecule has 1 aliphatic rings. The summed E-state index contributed by atoms with van der Waals surface area (Å²) in [6.07, 6.45) is 2.29. The number of aryl methyl sites for hydroxylation is 1. The van der Waals surface area contributed by atoms with Crippen molar-refractivity contribution >= 4 is 29.4 Å². The van der Waals surface area contributed by atoms with Crippen LogP contribution in [0.4, 0.5) is 4.79 Å². The van der Waals surface area contributed by atoms with E-state index >= 15 is 0 Å². The van der Waals surface area contributed by atoms with E-state index < -0.39 is 0 Å². The number of urea groups is 1. The molecule has 2 aromatic rings. The lowest BCUT2D eigenvalue weighted by atomic mass is 10.0. The molecule has 0 aliphatic carbocycles. The van der Waals surface area contributed by atoms with E-state index in [4.69, 9.17) is 9.90 Å². The maximum Gasteiger partial charge on any atom is 0.317 e. The third-order valence-corrected chi connectivity index (χ3v) is 5.42. The Balaban J connectivity index is 0.00000107. The molecule has 1 saturated heterocycles. The fourth-order valence-corrected chi connectivity index (χ4v) is 3.61. The predicted molar refractivity (Wildman–Crippen MR) is 119 cm³/mol. The van der Waals surface area contributed by atoms with Crippen molar-refractivity contribution in [1.82, 2.24) is 25.1 Å². The summed E-state index contributed by atoms with van der Waals surface area (Å²) in [5, 5.41) is 9.99. The minimum absolute atomic E-state index is 0.0271. The molecule has 9 heteroatoms. The maximum absolute atomic E-state index is 12.5. The first-order valence-electron chi connectivity index (χ1n) is 10.6. The summed E-state index contributed by atoms with van der Waals surface area (Å²) >= 11 is 0. The van der Waals surface area contributed by atoms with Crippen LogP contribution in [0, 0.1) is 12.8 Å². The molecular weight excluding hydrogens is 398 g/mol. The van der Waals surface area contributed by atoms with Crippen LogP contribution in [0.15, 0.2) is 18.2 Å². The largest absolute Gasteiger partial charge is 0.483 e. The van der Waals surface area contributed by atoms with Crippen LogP contribution < -0.4 is 5.32 Å². The lowest BCUT2D eigenvalue weighted by Gasteiger charge is -2.34. The van der Waals surface area contributed by atoms with E-state index in [1.54, 1.807) is 11.9 Å². The summed E-state index contributed by atoms with van der Waals surface area (Å²) in [7, 11) is 1.81. The zero-order valence-electron chi connectivity index (χ0n) is 18.7. The van der Waals surface area contributed by atoms with E-state index in [2.05, 4.69) is 15.3 Å². The van der Waals surface area contributed by atoms with Crippen LogP contribution in [0.2, 0.25) is 0 Å². The lowest BCUT2D eigenvalue weighted by molar-refractivity contribution is -0.135. The second-order valence-corrected chi connectivity index (χ2v) is 8.14. The highest BCUT2D eigenvalue weighted by Crippen LogP contribution is 2.16. The summed E-state index contributed by atoms with van der Waals surface area (Å²) in [5.41, 5.74) is 3.17. The van der Waals surface area contributed by atoms with Crippen molar-refractivity contribution in [2.24, 2.45) is 5.92 Å². The number of aromatic nitrogens is 2. The van der Waals surface area contributed by atoms with Gasteiger partial charge in [0.15, 0.2) is 0 Å². The van der Waals surface area contributed by atoms with Gasteiger partial charge in [0.25, 0.3) is 6.47 Å². The van der Waals surface area contributed by atoms with Crippen molar-refractivity contribution in [3.05, 3.63) is 29.6 Å². The number of carboxylic acid groups (broad SMARTS) is 1. The number of hydrogen-bond acceptors (Lipinski definition) is 4. The molecule has 1 fully saturated rings. The average Bonchev–Trinajstić information content (AvgIpc) is 3.17. The number of para-hydroxylation sites is 1. The van der Waals surface area contributed by atoms with E-state index in [1.807, 2.05) is 43.9 Å². The molecule has 31 heavy (non-hydrogen) atoms. The molecule has 0 bridgehead atoms. The van der Waals surface area contributed by atoms with Crippen LogP contribution >= 0.6 is 0 Å². The summed E-state index contributed by atoms with van der Waals surface area (Å²) in [6.45, 7) is 7.67. The van der Waals surface area contributed by atoms with E-state index in [-0.39, 0.29) is 30.4 Å². The van der Waals surface area contributed by atoms with Gasteiger partial charge in [0.2, 0.25) is 5.91 Å². The quantitative estimate of drug-likeness (QED) is 0.628. The Morgan fingerprint density at radius 2 is 2.00 bits per heavy atom. The van der Waals surface area contributed by atoms with Gasteiger partial charge >= 0.3 is 6.03 Å². The van der Waals surface area contributed by atoms with Gasteiger partial charge in [0.05, 0.1) is 11.0 Å². The Hall–Kier alpha value is -3.10. The monoisotopic (exact) mass is 431 g/mol. The summed E-state index contributed by atoms with van der Waals surface area (Å²) < 4.78 is 0. The minimum atomic E-state index is -0.250. The molecule has 0 saturated carbocycles. The number of likely N-dealkylation sites (N-methyl/N-ethyl adjacent to an activating group) is 1. The minimum Gasteiger partial charge on any atom is -0.483 e. The number of benzene rings is 1. The van der Waals surface area contributed by atoms with Crippen LogP contribution in [0.5, 0.6) is 0 Å². The van der Waals surface area contributed by atoms with Gasteiger partial charge in [0, 0.05) is 45.1 Å². The number of rotatable bonds is 5. The zero-order valence-corrected chi connectivity index (χ0v) is 18.7. The highest BCUT2D eigenvalue weighted by atomic mass is 16.3. The van der Waals surface area contributed by atoms with Gasteiger partial charge in [-0.15, -0.1) is 0 Å². The number of likely N-dealkylation sites (tertiary alicyclic amines) is 1. The van der Waals surface area contributed by atoms with E-state index in [0.29, 0.717) is 26.1 Å². The van der Waals surface area contributed by atoms with Gasteiger partial charge < -0.3 is 25.2 Å². The Kier molecular flexibility index (Phi) is 8.84. The number of carbonyl (C=O) groups is 3. The molecule has 1 aliphatic heterocycles. The van der Waals surface area contributed by atoms with Gasteiger partial charge in [-0.3, -0.25) is 9.59 Å². The molecule has 1 aromatic carbocycles. The Bertz CT molecular complexity index is 887. The van der Waals surface area contributed by atoms with Gasteiger partial charge in [-0.05, 0) is 31.4 Å². The van der Waals surface area contributed by atoms with Crippen molar-refractivity contribution in [3.63, 3.8) is 0 Å². The van der Waals surface area contributed by atoms with E-state index in [0.717, 1.165) is 35.3 Å². The van der Waals surface area contributed by atoms with Crippen LogP contribution in [-0.4, -0.2) is 76.0 Å². The Morgan fingerprint density at radius 3 is 2.58 bits per heavy atom. The fourth-order valence-electron chi connectivity index (χ4n) is 3.61. The smallest absolute Gasteiger partial charge is 0.317 e. The number of nitrogens with one attached hydrogen (secondary N) is 2. The second kappa shape index (κ2) is 11.3. The van der Waals surface area contributed by atoms with Crippen LogP contribution in [0.3, 0.4) is 0 Å². The zero-order chi connectivity index (χ0) is 23.0. The molecule has 2 heterocycles. The predicted octanol–water partition coefficient (Wildman–Crippen LogP) is 2.40. The SMILES string of the molecule is Cc1cccc2[nH]c(CCN(C)C(=O)NC3CCN(C(=O)C(C)C)CC3)nc12.O=CO. The molecule has 0 radical (unpaired) electrons. The fraction of sp³-hybridized carbons (Fsp3) is 0.545. The van der Waals surface area contributed by atoms with E-state index in [1.165, 1.54) is 0 Å². The van der Waals surface area contributed by atoms with Crippen molar-refractivity contribution in [2.75, 3.05) is 26.7 Å². The summed E-state index contributed by atoms with van der Waals surface area (Å²) in [6, 6.07) is 6.14. The lowest BCUT2D eigenvalue weighted by Crippen LogP contribution is -2.50. The third-order valence-electron chi connectivity index (χ3n) is 5.42. The normalized spacial score (nSPS) is 14.2. The molecule has 3 amide bonds. The van der Waals surface area contributed by atoms with Crippen molar-refractivity contribution < 1.29 is 19.5 Å². The Labute approximate surface area is 182 Å². The number of carbonyl (C=O) groups excluding carboxylic acids is 2. The molecule has 1 aromatic heterocycles. The van der Waals surface area contributed by atoms with Crippen molar-refractivity contribution in [2.45, 2.75) is 46.1 Å². The number of nitrogens with zero attached hydrogens (tertiary/aromatic N) is 3. The van der Waals surface area contributed by atoms with Crippen LogP contribution in [-0.2, 0) is 16.0 Å². The first kappa shape index (κ1) is 24.2.